The summed E-state index contributed by atoms with van der Waals surface area (Å²) < 4.78 is 5.17. The highest BCUT2D eigenvalue weighted by molar-refractivity contribution is 6.32. The number of halogens is 1. The zero-order valence-electron chi connectivity index (χ0n) is 10.6. The second-order valence-corrected chi connectivity index (χ2v) is 4.59. The van der Waals surface area contributed by atoms with E-state index in [1.165, 1.54) is 0 Å². The minimum absolute atomic E-state index is 0.0424. The molecule has 0 saturated carbocycles. The lowest BCUT2D eigenvalue weighted by Gasteiger charge is -2.15. The van der Waals surface area contributed by atoms with Crippen molar-refractivity contribution >= 4 is 17.4 Å². The Hall–Kier alpha value is -1.06. The molecule has 0 fully saturated rings. The first-order chi connectivity index (χ1) is 8.01. The number of rotatable bonds is 5. The molecular weight excluding hydrogens is 238 g/mol. The van der Waals surface area contributed by atoms with Crippen molar-refractivity contribution in [2.45, 2.75) is 19.8 Å². The molecule has 17 heavy (non-hydrogen) atoms. The lowest BCUT2D eigenvalue weighted by atomic mass is 9.94. The number of carbonyl (C=O) groups excluding carboxylic acids is 1. The molecule has 0 atom stereocenters. The van der Waals surface area contributed by atoms with Crippen LogP contribution in [0.4, 0.5) is 0 Å². The number of likely N-dealkylation sites (N-methyl/N-ethyl adjacent to an activating group) is 1. The van der Waals surface area contributed by atoms with E-state index in [1.54, 1.807) is 20.2 Å². The second kappa shape index (κ2) is 6.03. The van der Waals surface area contributed by atoms with Crippen molar-refractivity contribution in [1.82, 2.24) is 5.32 Å². The maximum Gasteiger partial charge on any atom is 0.176 e. The molecule has 0 bridgehead atoms. The van der Waals surface area contributed by atoms with Crippen LogP contribution in [0.15, 0.2) is 12.1 Å². The fourth-order valence-corrected chi connectivity index (χ4v) is 1.94. The van der Waals surface area contributed by atoms with Gasteiger partial charge in [0.05, 0.1) is 18.7 Å². The summed E-state index contributed by atoms with van der Waals surface area (Å²) >= 11 is 6.05. The largest absolute Gasteiger partial charge is 0.495 e. The maximum absolute atomic E-state index is 12.0. The van der Waals surface area contributed by atoms with Crippen LogP contribution in [0.1, 0.15) is 35.7 Å². The number of carbonyl (C=O) groups is 1. The smallest absolute Gasteiger partial charge is 0.176 e. The molecule has 0 unspecified atom stereocenters. The Morgan fingerprint density at radius 1 is 1.47 bits per heavy atom. The summed E-state index contributed by atoms with van der Waals surface area (Å²) in [7, 11) is 3.32. The average Bonchev–Trinajstić information content (AvgIpc) is 2.28. The van der Waals surface area contributed by atoms with Crippen molar-refractivity contribution < 1.29 is 9.53 Å². The van der Waals surface area contributed by atoms with Crippen LogP contribution in [-0.4, -0.2) is 26.5 Å². The minimum atomic E-state index is 0.0424. The molecule has 1 aromatic carbocycles. The molecule has 0 saturated heterocycles. The number of ketones is 1. The molecule has 0 amide bonds. The van der Waals surface area contributed by atoms with Gasteiger partial charge in [-0.1, -0.05) is 25.4 Å². The van der Waals surface area contributed by atoms with Crippen molar-refractivity contribution in [3.63, 3.8) is 0 Å². The van der Waals surface area contributed by atoms with E-state index in [-0.39, 0.29) is 11.7 Å². The lowest BCUT2D eigenvalue weighted by Crippen LogP contribution is -2.20. The molecule has 0 heterocycles. The van der Waals surface area contributed by atoms with E-state index in [0.29, 0.717) is 22.9 Å². The van der Waals surface area contributed by atoms with Gasteiger partial charge in [-0.05, 0) is 30.7 Å². The fraction of sp³-hybridized carbons (Fsp3) is 0.462. The van der Waals surface area contributed by atoms with Crippen molar-refractivity contribution in [2.24, 2.45) is 0 Å². The monoisotopic (exact) mass is 255 g/mol. The van der Waals surface area contributed by atoms with Crippen LogP contribution >= 0.6 is 11.6 Å². The zero-order chi connectivity index (χ0) is 13.0. The first-order valence-corrected chi connectivity index (χ1v) is 5.94. The Balaban J connectivity index is 3.27. The minimum Gasteiger partial charge on any atom is -0.495 e. The van der Waals surface area contributed by atoms with Crippen molar-refractivity contribution in [3.8, 4) is 5.75 Å². The van der Waals surface area contributed by atoms with Gasteiger partial charge in [-0.15, -0.1) is 0 Å². The molecule has 3 nitrogen and oxygen atoms in total. The number of benzene rings is 1. The molecule has 0 radical (unpaired) electrons. The first kappa shape index (κ1) is 14.0. The lowest BCUT2D eigenvalue weighted by molar-refractivity contribution is 0.0992. The Morgan fingerprint density at radius 3 is 2.59 bits per heavy atom. The van der Waals surface area contributed by atoms with Gasteiger partial charge in [-0.3, -0.25) is 4.79 Å². The van der Waals surface area contributed by atoms with Crippen LogP contribution in [-0.2, 0) is 0 Å². The van der Waals surface area contributed by atoms with Gasteiger partial charge in [0, 0.05) is 5.56 Å². The molecule has 1 aromatic rings. The highest BCUT2D eigenvalue weighted by Gasteiger charge is 2.16. The topological polar surface area (TPSA) is 38.3 Å². The van der Waals surface area contributed by atoms with Crippen molar-refractivity contribution in [2.75, 3.05) is 20.7 Å². The molecule has 1 rings (SSSR count). The molecule has 0 spiro atoms. The van der Waals surface area contributed by atoms with E-state index in [2.05, 4.69) is 5.32 Å². The van der Waals surface area contributed by atoms with Crippen LogP contribution in [0.3, 0.4) is 0 Å². The number of methoxy groups -OCH3 is 1. The second-order valence-electron chi connectivity index (χ2n) is 4.18. The standard InChI is InChI=1S/C13H18ClNO2/c1-8(2)9-6-13(17-4)11(14)5-10(9)12(16)7-15-3/h5-6,8,15H,7H2,1-4H3. The van der Waals surface area contributed by atoms with Crippen LogP contribution < -0.4 is 10.1 Å². The van der Waals surface area contributed by atoms with E-state index in [9.17, 15) is 4.79 Å². The van der Waals surface area contributed by atoms with E-state index in [1.807, 2.05) is 19.9 Å². The summed E-state index contributed by atoms with van der Waals surface area (Å²) in [4.78, 5) is 12.0. The van der Waals surface area contributed by atoms with Crippen LogP contribution in [0, 0.1) is 0 Å². The molecular formula is C13H18ClNO2. The molecule has 0 aliphatic rings. The fourth-order valence-electron chi connectivity index (χ4n) is 1.70. The highest BCUT2D eigenvalue weighted by atomic mass is 35.5. The Bertz CT molecular complexity index is 416. The number of ether oxygens (including phenoxy) is 1. The highest BCUT2D eigenvalue weighted by Crippen LogP contribution is 2.32. The van der Waals surface area contributed by atoms with E-state index in [4.69, 9.17) is 16.3 Å². The van der Waals surface area contributed by atoms with Gasteiger partial charge in [0.25, 0.3) is 0 Å². The van der Waals surface area contributed by atoms with Crippen molar-refractivity contribution in [1.29, 1.82) is 0 Å². The average molecular weight is 256 g/mol. The van der Waals surface area contributed by atoms with Gasteiger partial charge >= 0.3 is 0 Å². The van der Waals surface area contributed by atoms with E-state index < -0.39 is 0 Å². The van der Waals surface area contributed by atoms with Gasteiger partial charge in [-0.25, -0.2) is 0 Å². The SMILES string of the molecule is CNCC(=O)c1cc(Cl)c(OC)cc1C(C)C. The summed E-state index contributed by atoms with van der Waals surface area (Å²) in [5, 5.41) is 3.33. The third-order valence-corrected chi connectivity index (χ3v) is 2.88. The molecule has 4 heteroatoms. The molecule has 0 aromatic heterocycles. The van der Waals surface area contributed by atoms with Gasteiger partial charge in [0.2, 0.25) is 0 Å². The first-order valence-electron chi connectivity index (χ1n) is 5.56. The number of Topliss-reactive ketones (excluding diaryl/α,β-unsaturated/α-hetero) is 1. The third kappa shape index (κ3) is 3.20. The van der Waals surface area contributed by atoms with Gasteiger partial charge < -0.3 is 10.1 Å². The summed E-state index contributed by atoms with van der Waals surface area (Å²) in [5.41, 5.74) is 1.63. The summed E-state index contributed by atoms with van der Waals surface area (Å²) in [6, 6.07) is 3.53. The van der Waals surface area contributed by atoms with Crippen molar-refractivity contribution in [3.05, 3.63) is 28.3 Å². The predicted molar refractivity (Wildman–Crippen MR) is 70.4 cm³/mol. The maximum atomic E-state index is 12.0. The van der Waals surface area contributed by atoms with Gasteiger partial charge in [0.15, 0.2) is 5.78 Å². The quantitative estimate of drug-likeness (QED) is 0.823. The third-order valence-electron chi connectivity index (χ3n) is 2.58. The Kier molecular flexibility index (Phi) is 4.97. The molecule has 1 N–H and O–H groups in total. The predicted octanol–water partition coefficient (Wildman–Crippen LogP) is 2.87. The Morgan fingerprint density at radius 2 is 2.12 bits per heavy atom. The molecule has 0 aliphatic heterocycles. The van der Waals surface area contributed by atoms with Crippen LogP contribution in [0.25, 0.3) is 0 Å². The molecule has 94 valence electrons. The Labute approximate surface area is 107 Å². The number of hydrogen-bond donors (Lipinski definition) is 1. The van der Waals surface area contributed by atoms with Gasteiger partial charge in [-0.2, -0.15) is 0 Å². The molecule has 0 aliphatic carbocycles. The van der Waals surface area contributed by atoms with Crippen LogP contribution in [0.2, 0.25) is 5.02 Å². The number of hydrogen-bond acceptors (Lipinski definition) is 3. The normalized spacial score (nSPS) is 10.7. The zero-order valence-corrected chi connectivity index (χ0v) is 11.4. The van der Waals surface area contributed by atoms with Crippen LogP contribution in [0.5, 0.6) is 5.75 Å². The van der Waals surface area contributed by atoms with E-state index >= 15 is 0 Å². The summed E-state index contributed by atoms with van der Waals surface area (Å²) in [6.07, 6.45) is 0. The summed E-state index contributed by atoms with van der Waals surface area (Å²) in [6.45, 7) is 4.39. The number of nitrogens with one attached hydrogen (secondary N) is 1. The van der Waals surface area contributed by atoms with E-state index in [0.717, 1.165) is 5.56 Å². The van der Waals surface area contributed by atoms with Gasteiger partial charge in [0.1, 0.15) is 5.75 Å². The summed E-state index contributed by atoms with van der Waals surface area (Å²) in [5.74, 6) is 0.897.